The third-order valence-corrected chi connectivity index (χ3v) is 8.30. The highest BCUT2D eigenvalue weighted by atomic mass is 32.2. The summed E-state index contributed by atoms with van der Waals surface area (Å²) in [6.45, 7) is 10.8. The van der Waals surface area contributed by atoms with E-state index in [9.17, 15) is 13.2 Å². The van der Waals surface area contributed by atoms with Crippen molar-refractivity contribution in [2.75, 3.05) is 24.5 Å². The largest absolute Gasteiger partial charge is 0.444 e. The van der Waals surface area contributed by atoms with E-state index >= 15 is 0 Å². The number of amides is 1. The minimum absolute atomic E-state index is 0.108. The van der Waals surface area contributed by atoms with Crippen LogP contribution in [-0.4, -0.2) is 69.6 Å². The molecule has 1 aromatic carbocycles. The maximum atomic E-state index is 13.8. The second-order valence-corrected chi connectivity index (χ2v) is 12.6. The summed E-state index contributed by atoms with van der Waals surface area (Å²) in [7, 11) is -3.95. The Kier molecular flexibility index (Phi) is 6.79. The number of hydrogen-bond donors (Lipinski definition) is 0. The van der Waals surface area contributed by atoms with Crippen LogP contribution in [-0.2, 0) is 14.8 Å². The molecule has 3 aromatic heterocycles. The molecule has 1 aliphatic rings. The van der Waals surface area contributed by atoms with Gasteiger partial charge in [0.25, 0.3) is 10.0 Å². The standard InChI is InChI=1S/C28H32N6O4S/c1-19-8-10-22(11-9-19)39(36,37)34-17-23(21-7-6-12-29-15-21)24-25(30-18-31-26(24)34)33-14-13-32(16-20(33)2)27(35)38-28(3,4)5/h6-12,15,17-18,20H,13-14,16H2,1-5H3. The van der Waals surface area contributed by atoms with Gasteiger partial charge in [0.2, 0.25) is 0 Å². The van der Waals surface area contributed by atoms with E-state index in [0.29, 0.717) is 36.4 Å². The minimum atomic E-state index is -3.95. The Morgan fingerprint density at radius 1 is 1.08 bits per heavy atom. The molecule has 0 aliphatic carbocycles. The van der Waals surface area contributed by atoms with Gasteiger partial charge in [0.05, 0.1) is 10.3 Å². The Labute approximate surface area is 228 Å². The van der Waals surface area contributed by atoms with Crippen LogP contribution in [0.3, 0.4) is 0 Å². The van der Waals surface area contributed by atoms with E-state index < -0.39 is 15.6 Å². The predicted octanol–water partition coefficient (Wildman–Crippen LogP) is 4.48. The van der Waals surface area contributed by atoms with E-state index in [-0.39, 0.29) is 22.7 Å². The smallest absolute Gasteiger partial charge is 0.410 e. The van der Waals surface area contributed by atoms with Gasteiger partial charge in [-0.25, -0.2) is 27.2 Å². The van der Waals surface area contributed by atoms with E-state index in [2.05, 4.69) is 19.9 Å². The number of pyridine rings is 1. The first-order valence-electron chi connectivity index (χ1n) is 12.8. The van der Waals surface area contributed by atoms with Crippen molar-refractivity contribution < 1.29 is 17.9 Å². The fourth-order valence-electron chi connectivity index (χ4n) is 4.75. The molecule has 5 rings (SSSR count). The molecule has 0 radical (unpaired) electrons. The van der Waals surface area contributed by atoms with Gasteiger partial charge in [-0.1, -0.05) is 23.8 Å². The molecule has 1 aliphatic heterocycles. The number of carbonyl (C=O) groups excluding carboxylic acids is 1. The summed E-state index contributed by atoms with van der Waals surface area (Å²) in [5.74, 6) is 0.605. The van der Waals surface area contributed by atoms with E-state index in [1.165, 1.54) is 10.3 Å². The Morgan fingerprint density at radius 3 is 2.46 bits per heavy atom. The van der Waals surface area contributed by atoms with E-state index in [0.717, 1.165) is 11.1 Å². The number of hydrogen-bond acceptors (Lipinski definition) is 8. The highest BCUT2D eigenvalue weighted by molar-refractivity contribution is 7.90. The zero-order chi connectivity index (χ0) is 27.9. The number of ether oxygens (including phenoxy) is 1. The van der Waals surface area contributed by atoms with Crippen LogP contribution in [0.4, 0.5) is 10.6 Å². The Hall–Kier alpha value is -3.99. The number of aromatic nitrogens is 4. The van der Waals surface area contributed by atoms with Gasteiger partial charge in [0.1, 0.15) is 17.7 Å². The second kappa shape index (κ2) is 9.96. The van der Waals surface area contributed by atoms with Crippen molar-refractivity contribution in [1.29, 1.82) is 0 Å². The Balaban J connectivity index is 1.61. The highest BCUT2D eigenvalue weighted by Crippen LogP contribution is 2.38. The lowest BCUT2D eigenvalue weighted by atomic mass is 10.1. The van der Waals surface area contributed by atoms with Gasteiger partial charge in [-0.05, 0) is 52.8 Å². The quantitative estimate of drug-likeness (QED) is 0.367. The maximum Gasteiger partial charge on any atom is 0.410 e. The average molecular weight is 549 g/mol. The van der Waals surface area contributed by atoms with Gasteiger partial charge >= 0.3 is 6.09 Å². The fraction of sp³-hybridized carbons (Fsp3) is 0.357. The summed E-state index contributed by atoms with van der Waals surface area (Å²) in [6, 6.07) is 10.3. The number of anilines is 1. The highest BCUT2D eigenvalue weighted by Gasteiger charge is 2.33. The molecule has 1 fully saturated rings. The van der Waals surface area contributed by atoms with Crippen LogP contribution in [0.1, 0.15) is 33.3 Å². The molecule has 0 spiro atoms. The number of piperazine rings is 1. The van der Waals surface area contributed by atoms with Crippen molar-refractivity contribution in [1.82, 2.24) is 23.8 Å². The lowest BCUT2D eigenvalue weighted by Crippen LogP contribution is -2.54. The van der Waals surface area contributed by atoms with E-state index in [1.807, 2.05) is 40.7 Å². The third kappa shape index (κ3) is 5.18. The number of nitrogens with zero attached hydrogens (tertiary/aromatic N) is 6. The molecular formula is C28H32N6O4S. The van der Waals surface area contributed by atoms with Crippen LogP contribution in [0.2, 0.25) is 0 Å². The van der Waals surface area contributed by atoms with Crippen LogP contribution < -0.4 is 4.90 Å². The lowest BCUT2D eigenvalue weighted by molar-refractivity contribution is 0.0218. The lowest BCUT2D eigenvalue weighted by Gasteiger charge is -2.41. The normalized spacial score (nSPS) is 16.5. The van der Waals surface area contributed by atoms with E-state index in [1.54, 1.807) is 53.8 Å². The maximum absolute atomic E-state index is 13.8. The first kappa shape index (κ1) is 26.6. The SMILES string of the molecule is Cc1ccc(S(=O)(=O)n2cc(-c3cccnc3)c3c(N4CCN(C(=O)OC(C)(C)C)CC4C)ncnc32)cc1. The van der Waals surface area contributed by atoms with Gasteiger partial charge < -0.3 is 14.5 Å². The molecule has 39 heavy (non-hydrogen) atoms. The van der Waals surface area contributed by atoms with Gasteiger partial charge in [-0.15, -0.1) is 0 Å². The monoisotopic (exact) mass is 548 g/mol. The third-order valence-electron chi connectivity index (χ3n) is 6.63. The molecule has 1 amide bonds. The number of benzene rings is 1. The summed E-state index contributed by atoms with van der Waals surface area (Å²) in [5.41, 5.74) is 2.07. The molecule has 1 unspecified atom stereocenters. The molecule has 4 aromatic rings. The van der Waals surface area contributed by atoms with Crippen molar-refractivity contribution in [3.63, 3.8) is 0 Å². The van der Waals surface area contributed by atoms with Crippen LogP contribution in [0.15, 0.2) is 66.2 Å². The first-order valence-corrected chi connectivity index (χ1v) is 14.2. The summed E-state index contributed by atoms with van der Waals surface area (Å²) >= 11 is 0. The number of rotatable bonds is 4. The molecule has 1 saturated heterocycles. The first-order chi connectivity index (χ1) is 18.5. The van der Waals surface area contributed by atoms with Crippen LogP contribution >= 0.6 is 0 Å². The fourth-order valence-corrected chi connectivity index (χ4v) is 6.07. The van der Waals surface area contributed by atoms with Gasteiger partial charge in [-0.3, -0.25) is 4.98 Å². The summed E-state index contributed by atoms with van der Waals surface area (Å²) in [5, 5.41) is 0.610. The van der Waals surface area contributed by atoms with Crippen molar-refractivity contribution in [3.8, 4) is 11.1 Å². The van der Waals surface area contributed by atoms with Gasteiger partial charge in [-0.2, -0.15) is 0 Å². The molecule has 0 bridgehead atoms. The molecule has 0 saturated carbocycles. The molecule has 0 N–H and O–H groups in total. The Morgan fingerprint density at radius 2 is 1.82 bits per heavy atom. The predicted molar refractivity (Wildman–Crippen MR) is 149 cm³/mol. The topological polar surface area (TPSA) is 111 Å². The number of carbonyl (C=O) groups is 1. The minimum Gasteiger partial charge on any atom is -0.444 e. The summed E-state index contributed by atoms with van der Waals surface area (Å²) in [6.07, 6.45) is 5.99. The molecule has 204 valence electrons. The van der Waals surface area contributed by atoms with Crippen molar-refractivity contribution in [2.24, 2.45) is 0 Å². The van der Waals surface area contributed by atoms with Crippen LogP contribution in [0, 0.1) is 6.92 Å². The van der Waals surface area contributed by atoms with Gasteiger partial charge in [0.15, 0.2) is 5.65 Å². The Bertz CT molecular complexity index is 1610. The van der Waals surface area contributed by atoms with Crippen molar-refractivity contribution in [2.45, 2.75) is 51.2 Å². The van der Waals surface area contributed by atoms with Crippen molar-refractivity contribution >= 4 is 33.0 Å². The van der Waals surface area contributed by atoms with Crippen LogP contribution in [0.25, 0.3) is 22.2 Å². The zero-order valence-electron chi connectivity index (χ0n) is 22.7. The molecule has 1 atom stereocenters. The summed E-state index contributed by atoms with van der Waals surface area (Å²) in [4.78, 5) is 30.0. The second-order valence-electron chi connectivity index (χ2n) is 10.8. The molecular weight excluding hydrogens is 516 g/mol. The van der Waals surface area contributed by atoms with Crippen LogP contribution in [0.5, 0.6) is 0 Å². The number of fused-ring (bicyclic) bond motifs is 1. The zero-order valence-corrected chi connectivity index (χ0v) is 23.5. The summed E-state index contributed by atoms with van der Waals surface area (Å²) < 4.78 is 34.4. The van der Waals surface area contributed by atoms with Crippen molar-refractivity contribution in [3.05, 3.63) is 66.9 Å². The van der Waals surface area contributed by atoms with E-state index in [4.69, 9.17) is 4.74 Å². The number of aryl methyl sites for hydroxylation is 1. The molecule has 4 heterocycles. The molecule has 11 heteroatoms. The molecule has 10 nitrogen and oxygen atoms in total. The van der Waals surface area contributed by atoms with Gasteiger partial charge in [0, 0.05) is 55.4 Å². The average Bonchev–Trinajstić information content (AvgIpc) is 3.29.